The van der Waals surface area contributed by atoms with Crippen molar-refractivity contribution in [2.75, 3.05) is 13.7 Å². The summed E-state index contributed by atoms with van der Waals surface area (Å²) in [5.41, 5.74) is 2.51. The quantitative estimate of drug-likeness (QED) is 0.551. The SMILES string of the molecule is COc1ccccc1C(COCc1ccccc1)=N[S+]([O-])C(C)(C)C. The summed E-state index contributed by atoms with van der Waals surface area (Å²) in [4.78, 5) is 0. The van der Waals surface area contributed by atoms with Gasteiger partial charge in [0, 0.05) is 5.56 Å². The molecule has 5 heteroatoms. The normalized spacial score (nSPS) is 13.6. The predicted octanol–water partition coefficient (Wildman–Crippen LogP) is 4.16. The molecule has 2 aromatic rings. The second-order valence-electron chi connectivity index (χ2n) is 6.58. The van der Waals surface area contributed by atoms with Crippen LogP contribution in [0.1, 0.15) is 31.9 Å². The number of ether oxygens (including phenoxy) is 2. The number of para-hydroxylation sites is 1. The Morgan fingerprint density at radius 1 is 1.04 bits per heavy atom. The van der Waals surface area contributed by atoms with Crippen molar-refractivity contribution in [1.82, 2.24) is 0 Å². The Balaban J connectivity index is 2.21. The Bertz CT molecular complexity index is 696. The monoisotopic (exact) mass is 359 g/mol. The summed E-state index contributed by atoms with van der Waals surface area (Å²) in [6, 6.07) is 17.5. The van der Waals surface area contributed by atoms with Crippen molar-refractivity contribution in [3.63, 3.8) is 0 Å². The van der Waals surface area contributed by atoms with E-state index in [4.69, 9.17) is 9.47 Å². The van der Waals surface area contributed by atoms with Crippen LogP contribution in [0.5, 0.6) is 5.75 Å². The maximum atomic E-state index is 12.5. The minimum absolute atomic E-state index is 0.261. The molecule has 0 fully saturated rings. The molecule has 4 nitrogen and oxygen atoms in total. The molecule has 0 aliphatic heterocycles. The highest BCUT2D eigenvalue weighted by Gasteiger charge is 2.28. The van der Waals surface area contributed by atoms with Crippen LogP contribution in [0.15, 0.2) is 59.0 Å². The number of hydrogen-bond donors (Lipinski definition) is 0. The van der Waals surface area contributed by atoms with Gasteiger partial charge in [0.1, 0.15) is 27.6 Å². The molecule has 0 saturated carbocycles. The third kappa shape index (κ3) is 5.88. The van der Waals surface area contributed by atoms with Crippen LogP contribution in [0.4, 0.5) is 0 Å². The van der Waals surface area contributed by atoms with Gasteiger partial charge in [0.2, 0.25) is 0 Å². The molecule has 0 spiro atoms. The van der Waals surface area contributed by atoms with Crippen LogP contribution in [-0.2, 0) is 22.7 Å². The number of hydrogen-bond acceptors (Lipinski definition) is 4. The van der Waals surface area contributed by atoms with E-state index in [1.807, 2.05) is 75.4 Å². The van der Waals surface area contributed by atoms with Crippen LogP contribution in [0.2, 0.25) is 0 Å². The summed E-state index contributed by atoms with van der Waals surface area (Å²) < 4.78 is 27.8. The molecule has 0 amide bonds. The first-order valence-electron chi connectivity index (χ1n) is 8.16. The second-order valence-corrected chi connectivity index (χ2v) is 8.48. The lowest BCUT2D eigenvalue weighted by Crippen LogP contribution is -2.28. The molecule has 2 aromatic carbocycles. The standard InChI is InChI=1S/C20H25NO3S/c1-20(2,3)25(22)21-18(17-12-8-9-13-19(17)23-4)15-24-14-16-10-6-5-7-11-16/h5-13H,14-15H2,1-4H3. The third-order valence-corrected chi connectivity index (χ3v) is 4.92. The summed E-state index contributed by atoms with van der Waals surface area (Å²) in [7, 11) is 1.61. The topological polar surface area (TPSA) is 53.9 Å². The van der Waals surface area contributed by atoms with Gasteiger partial charge < -0.3 is 14.0 Å². The van der Waals surface area contributed by atoms with Crippen molar-refractivity contribution in [2.45, 2.75) is 32.1 Å². The van der Waals surface area contributed by atoms with E-state index in [9.17, 15) is 4.55 Å². The Labute approximate surface area is 153 Å². The Hall–Kier alpha value is -1.82. The number of nitrogens with zero attached hydrogens (tertiary/aromatic N) is 1. The van der Waals surface area contributed by atoms with Crippen LogP contribution in [-0.4, -0.2) is 28.7 Å². The molecule has 0 heterocycles. The van der Waals surface area contributed by atoms with E-state index in [-0.39, 0.29) is 6.61 Å². The van der Waals surface area contributed by atoms with Crippen LogP contribution in [0.25, 0.3) is 0 Å². The van der Waals surface area contributed by atoms with Crippen molar-refractivity contribution in [3.8, 4) is 5.75 Å². The first-order valence-corrected chi connectivity index (χ1v) is 9.27. The van der Waals surface area contributed by atoms with Crippen LogP contribution < -0.4 is 4.74 Å². The minimum Gasteiger partial charge on any atom is -0.591 e. The molecule has 0 N–H and O–H groups in total. The zero-order valence-corrected chi connectivity index (χ0v) is 16.0. The highest BCUT2D eigenvalue weighted by Crippen LogP contribution is 2.23. The largest absolute Gasteiger partial charge is 0.591 e. The molecule has 25 heavy (non-hydrogen) atoms. The fourth-order valence-electron chi connectivity index (χ4n) is 2.11. The van der Waals surface area contributed by atoms with E-state index in [1.165, 1.54) is 0 Å². The maximum Gasteiger partial charge on any atom is 0.144 e. The zero-order chi connectivity index (χ0) is 18.3. The fraction of sp³-hybridized carbons (Fsp3) is 0.350. The van der Waals surface area contributed by atoms with Crippen molar-refractivity contribution < 1.29 is 14.0 Å². The predicted molar refractivity (Wildman–Crippen MR) is 104 cm³/mol. The van der Waals surface area contributed by atoms with Gasteiger partial charge in [-0.2, -0.15) is 0 Å². The van der Waals surface area contributed by atoms with Crippen molar-refractivity contribution in [2.24, 2.45) is 4.40 Å². The van der Waals surface area contributed by atoms with Crippen LogP contribution >= 0.6 is 0 Å². The van der Waals surface area contributed by atoms with E-state index in [0.717, 1.165) is 11.1 Å². The van der Waals surface area contributed by atoms with Gasteiger partial charge in [-0.15, -0.1) is 0 Å². The molecular weight excluding hydrogens is 334 g/mol. The van der Waals surface area contributed by atoms with Gasteiger partial charge in [0.25, 0.3) is 0 Å². The van der Waals surface area contributed by atoms with Crippen molar-refractivity contribution in [1.29, 1.82) is 0 Å². The maximum absolute atomic E-state index is 12.5. The minimum atomic E-state index is -1.37. The summed E-state index contributed by atoms with van der Waals surface area (Å²) in [6.45, 7) is 6.43. The van der Waals surface area contributed by atoms with Crippen LogP contribution in [0, 0.1) is 0 Å². The van der Waals surface area contributed by atoms with Crippen LogP contribution in [0.3, 0.4) is 0 Å². The number of methoxy groups -OCH3 is 1. The highest BCUT2D eigenvalue weighted by molar-refractivity contribution is 7.91. The number of benzene rings is 2. The summed E-state index contributed by atoms with van der Waals surface area (Å²) in [5, 5.41) is 0. The average Bonchev–Trinajstić information content (AvgIpc) is 2.60. The molecule has 0 aromatic heterocycles. The van der Waals surface area contributed by atoms with Crippen molar-refractivity contribution in [3.05, 3.63) is 65.7 Å². The molecule has 0 aliphatic rings. The van der Waals surface area contributed by atoms with Gasteiger partial charge >= 0.3 is 0 Å². The fourth-order valence-corrected chi connectivity index (χ4v) is 2.74. The lowest BCUT2D eigenvalue weighted by atomic mass is 10.1. The lowest BCUT2D eigenvalue weighted by Gasteiger charge is -2.20. The van der Waals surface area contributed by atoms with E-state index in [2.05, 4.69) is 4.40 Å². The van der Waals surface area contributed by atoms with Gasteiger partial charge in [-0.05, 0) is 38.5 Å². The first-order chi connectivity index (χ1) is 11.9. The van der Waals surface area contributed by atoms with Gasteiger partial charge in [0.15, 0.2) is 0 Å². The molecular formula is C20H25NO3S. The van der Waals surface area contributed by atoms with Gasteiger partial charge in [-0.25, -0.2) is 0 Å². The van der Waals surface area contributed by atoms with E-state index < -0.39 is 16.1 Å². The summed E-state index contributed by atoms with van der Waals surface area (Å²) in [5.74, 6) is 0.690. The molecule has 0 radical (unpaired) electrons. The smallest absolute Gasteiger partial charge is 0.144 e. The molecule has 0 saturated heterocycles. The third-order valence-electron chi connectivity index (χ3n) is 3.49. The average molecular weight is 359 g/mol. The first kappa shape index (κ1) is 19.5. The number of rotatable bonds is 7. The Kier molecular flexibility index (Phi) is 7.05. The van der Waals surface area contributed by atoms with Gasteiger partial charge in [-0.3, -0.25) is 0 Å². The van der Waals surface area contributed by atoms with E-state index in [1.54, 1.807) is 7.11 Å². The van der Waals surface area contributed by atoms with Gasteiger partial charge in [-0.1, -0.05) is 46.9 Å². The highest BCUT2D eigenvalue weighted by atomic mass is 32.2. The Morgan fingerprint density at radius 2 is 1.68 bits per heavy atom. The van der Waals surface area contributed by atoms with E-state index >= 15 is 0 Å². The zero-order valence-electron chi connectivity index (χ0n) is 15.2. The molecule has 2 rings (SSSR count). The Morgan fingerprint density at radius 3 is 2.32 bits per heavy atom. The van der Waals surface area contributed by atoms with Gasteiger partial charge in [0.05, 0.1) is 20.3 Å². The molecule has 1 atom stereocenters. The lowest BCUT2D eigenvalue weighted by molar-refractivity contribution is 0.158. The second kappa shape index (κ2) is 9.04. The van der Waals surface area contributed by atoms with Crippen molar-refractivity contribution >= 4 is 17.1 Å². The molecule has 0 aliphatic carbocycles. The summed E-state index contributed by atoms with van der Waals surface area (Å²) in [6.07, 6.45) is 0. The summed E-state index contributed by atoms with van der Waals surface area (Å²) >= 11 is -1.37. The van der Waals surface area contributed by atoms with E-state index in [0.29, 0.717) is 18.1 Å². The molecule has 1 unspecified atom stereocenters. The molecule has 0 bridgehead atoms. The molecule has 134 valence electrons.